The van der Waals surface area contributed by atoms with Crippen LogP contribution in [0, 0.1) is 62.1 Å². The lowest BCUT2D eigenvalue weighted by atomic mass is 9.32. The lowest BCUT2D eigenvalue weighted by Crippen LogP contribution is -2.67. The minimum Gasteiger partial charge on any atom is -0.481 e. The van der Waals surface area contributed by atoms with E-state index in [-0.39, 0.29) is 59.0 Å². The van der Waals surface area contributed by atoms with Gasteiger partial charge in [0.15, 0.2) is 6.79 Å². The molecule has 5 aliphatic carbocycles. The van der Waals surface area contributed by atoms with Crippen molar-refractivity contribution in [3.05, 3.63) is 12.2 Å². The van der Waals surface area contributed by atoms with E-state index in [4.69, 9.17) is 9.47 Å². The summed E-state index contributed by atoms with van der Waals surface area (Å²) < 4.78 is 11.8. The highest BCUT2D eigenvalue weighted by Crippen LogP contribution is 2.77. The van der Waals surface area contributed by atoms with Gasteiger partial charge in [-0.1, -0.05) is 41.2 Å². The van der Waals surface area contributed by atoms with Crippen molar-refractivity contribution in [1.29, 1.82) is 0 Å². The van der Waals surface area contributed by atoms with Crippen molar-refractivity contribution in [1.82, 2.24) is 0 Å². The van der Waals surface area contributed by atoms with Crippen molar-refractivity contribution < 1.29 is 29.3 Å². The van der Waals surface area contributed by atoms with Crippen LogP contribution in [0.1, 0.15) is 120 Å². The summed E-state index contributed by atoms with van der Waals surface area (Å²) >= 11 is 0. The van der Waals surface area contributed by atoms with Gasteiger partial charge < -0.3 is 19.7 Å². The largest absolute Gasteiger partial charge is 0.481 e. The third-order valence-electron chi connectivity index (χ3n) is 14.6. The first-order valence-corrected chi connectivity index (χ1v) is 16.7. The van der Waals surface area contributed by atoms with Crippen LogP contribution in [0.15, 0.2) is 12.2 Å². The van der Waals surface area contributed by atoms with Crippen molar-refractivity contribution in [2.45, 2.75) is 126 Å². The van der Waals surface area contributed by atoms with Crippen LogP contribution >= 0.6 is 0 Å². The molecule has 238 valence electrons. The number of carboxylic acid groups (broad SMARTS) is 1. The Hall–Kier alpha value is -1.40. The highest BCUT2D eigenvalue weighted by atomic mass is 16.7. The number of hydrogen-bond donors (Lipinski definition) is 2. The van der Waals surface area contributed by atoms with Crippen molar-refractivity contribution in [2.75, 3.05) is 13.4 Å². The van der Waals surface area contributed by atoms with Gasteiger partial charge in [0.05, 0.1) is 23.5 Å². The van der Waals surface area contributed by atoms with Gasteiger partial charge in [0, 0.05) is 0 Å². The van der Waals surface area contributed by atoms with E-state index < -0.39 is 16.8 Å². The number of rotatable bonds is 6. The third-order valence-corrected chi connectivity index (χ3v) is 14.6. The number of fused-ring (bicyclic) bond motifs is 7. The van der Waals surface area contributed by atoms with Crippen LogP contribution < -0.4 is 0 Å². The van der Waals surface area contributed by atoms with Crippen molar-refractivity contribution in [3.63, 3.8) is 0 Å². The summed E-state index contributed by atoms with van der Waals surface area (Å²) in [5.41, 5.74) is -0.0530. The summed E-state index contributed by atoms with van der Waals surface area (Å²) in [5.74, 6) is 0.724. The van der Waals surface area contributed by atoms with Crippen LogP contribution in [0.5, 0.6) is 0 Å². The van der Waals surface area contributed by atoms with E-state index in [2.05, 4.69) is 41.2 Å². The maximum absolute atomic E-state index is 12.9. The van der Waals surface area contributed by atoms with E-state index in [1.807, 2.05) is 20.8 Å². The van der Waals surface area contributed by atoms with E-state index in [9.17, 15) is 19.8 Å². The molecule has 5 saturated carbocycles. The molecule has 6 heteroatoms. The molecule has 0 bridgehead atoms. The fourth-order valence-electron chi connectivity index (χ4n) is 12.2. The van der Waals surface area contributed by atoms with Crippen molar-refractivity contribution in [2.24, 2.45) is 62.1 Å². The molecule has 0 aliphatic heterocycles. The molecule has 0 saturated heterocycles. The molecular weight excluding hydrogens is 528 g/mol. The maximum Gasteiger partial charge on any atom is 0.313 e. The molecule has 0 aromatic carbocycles. The van der Waals surface area contributed by atoms with Gasteiger partial charge in [0.2, 0.25) is 0 Å². The first kappa shape index (κ1) is 32.0. The molecule has 5 rings (SSSR count). The average molecular weight is 587 g/mol. The molecule has 42 heavy (non-hydrogen) atoms. The van der Waals surface area contributed by atoms with Gasteiger partial charge in [-0.3, -0.25) is 9.59 Å². The Morgan fingerprint density at radius 1 is 0.857 bits per heavy atom. The zero-order valence-electron chi connectivity index (χ0n) is 27.7. The van der Waals surface area contributed by atoms with Gasteiger partial charge in [-0.2, -0.15) is 0 Å². The second-order valence-electron chi connectivity index (χ2n) is 17.4. The van der Waals surface area contributed by atoms with E-state index in [0.717, 1.165) is 63.4 Å². The van der Waals surface area contributed by atoms with Gasteiger partial charge in [-0.15, -0.1) is 0 Å². The Kier molecular flexibility index (Phi) is 7.87. The molecular formula is C36H58O6. The lowest BCUT2D eigenvalue weighted by Gasteiger charge is -2.72. The molecule has 0 spiro atoms. The molecule has 5 fully saturated rings. The van der Waals surface area contributed by atoms with E-state index >= 15 is 0 Å². The third kappa shape index (κ3) is 4.38. The minimum absolute atomic E-state index is 0.0154. The highest BCUT2D eigenvalue weighted by molar-refractivity contribution is 5.76. The number of carboxylic acids is 1. The first-order chi connectivity index (χ1) is 19.4. The Morgan fingerprint density at radius 3 is 2.17 bits per heavy atom. The fourth-order valence-corrected chi connectivity index (χ4v) is 12.2. The smallest absolute Gasteiger partial charge is 0.313 e. The zero-order chi connectivity index (χ0) is 31.1. The Labute approximate surface area is 254 Å². The quantitative estimate of drug-likeness (QED) is 0.189. The predicted molar refractivity (Wildman–Crippen MR) is 163 cm³/mol. The summed E-state index contributed by atoms with van der Waals surface area (Å²) in [6, 6.07) is 0. The van der Waals surface area contributed by atoms with Crippen LogP contribution in [0.3, 0.4) is 0 Å². The van der Waals surface area contributed by atoms with Gasteiger partial charge >= 0.3 is 11.9 Å². The number of carbonyl (C=O) groups is 2. The molecule has 6 nitrogen and oxygen atoms in total. The normalized spacial score (nSPS) is 46.0. The summed E-state index contributed by atoms with van der Waals surface area (Å²) in [4.78, 5) is 25.3. The zero-order valence-corrected chi connectivity index (χ0v) is 27.7. The second-order valence-corrected chi connectivity index (χ2v) is 17.4. The van der Waals surface area contributed by atoms with Crippen molar-refractivity contribution in [3.8, 4) is 0 Å². The monoisotopic (exact) mass is 586 g/mol. The van der Waals surface area contributed by atoms with Gasteiger partial charge in [0.25, 0.3) is 0 Å². The molecule has 0 heterocycles. The number of aliphatic hydroxyl groups is 1. The SMILES string of the molecule is C=C(CO)C1CC[C@]2(C(=O)O)CC[C@]3(C)C(CCC4[C@@]5(C)CC[C@H](OCOC(=O)C(C)(C)C)C(C)(C)C5CC[C@]43C)C12. The van der Waals surface area contributed by atoms with Gasteiger partial charge in [-0.25, -0.2) is 0 Å². The second kappa shape index (κ2) is 10.3. The first-order valence-electron chi connectivity index (χ1n) is 16.7. The Morgan fingerprint density at radius 2 is 1.55 bits per heavy atom. The van der Waals surface area contributed by atoms with E-state index in [1.54, 1.807) is 0 Å². The molecule has 10 atom stereocenters. The molecule has 0 aromatic rings. The molecule has 5 aliphatic rings. The number of carbonyl (C=O) groups excluding carboxylic acids is 1. The van der Waals surface area contributed by atoms with Crippen LogP contribution in [0.2, 0.25) is 0 Å². The summed E-state index contributed by atoms with van der Waals surface area (Å²) in [7, 11) is 0. The lowest BCUT2D eigenvalue weighted by molar-refractivity contribution is -0.257. The van der Waals surface area contributed by atoms with E-state index in [0.29, 0.717) is 24.2 Å². The summed E-state index contributed by atoms with van der Waals surface area (Å²) in [6.45, 7) is 22.2. The Balaban J connectivity index is 1.40. The van der Waals surface area contributed by atoms with Crippen LogP contribution in [-0.2, 0) is 19.1 Å². The van der Waals surface area contributed by atoms with Crippen LogP contribution in [-0.4, -0.2) is 41.7 Å². The number of aliphatic hydroxyl groups excluding tert-OH is 1. The highest BCUT2D eigenvalue weighted by Gasteiger charge is 2.72. The predicted octanol–water partition coefficient (Wildman–Crippen LogP) is 7.63. The number of aliphatic carboxylic acids is 1. The van der Waals surface area contributed by atoms with Gasteiger partial charge in [0.1, 0.15) is 0 Å². The molecule has 2 N–H and O–H groups in total. The van der Waals surface area contributed by atoms with Crippen LogP contribution in [0.25, 0.3) is 0 Å². The summed E-state index contributed by atoms with van der Waals surface area (Å²) in [6.07, 6.45) is 9.88. The number of ether oxygens (including phenoxy) is 2. The molecule has 5 unspecified atom stereocenters. The fraction of sp³-hybridized carbons (Fsp3) is 0.889. The van der Waals surface area contributed by atoms with Gasteiger partial charge in [-0.05, 0) is 142 Å². The molecule has 0 aromatic heterocycles. The Bertz CT molecular complexity index is 1100. The van der Waals surface area contributed by atoms with E-state index in [1.165, 1.54) is 0 Å². The average Bonchev–Trinajstić information content (AvgIpc) is 3.30. The van der Waals surface area contributed by atoms with Crippen molar-refractivity contribution >= 4 is 11.9 Å². The molecule has 0 amide bonds. The molecule has 0 radical (unpaired) electrons. The standard InChI is InChI=1S/C36H58O6/c1-22(20-37)23-12-17-36(29(38)39)19-18-34(8)24(28(23)36)10-11-26-33(7)15-14-27(41-21-42-30(40)31(2,3)4)32(5,6)25(33)13-16-35(26,34)9/h23-28,37H,1,10-21H2,2-9H3,(H,38,39)/t23?,24?,25?,26?,27-,28?,33-,34+,35+,36-/m0/s1. The number of esters is 1. The maximum atomic E-state index is 12.9. The summed E-state index contributed by atoms with van der Waals surface area (Å²) in [5, 5.41) is 20.7. The van der Waals surface area contributed by atoms with Crippen LogP contribution in [0.4, 0.5) is 0 Å². The topological polar surface area (TPSA) is 93.1 Å². The number of hydrogen-bond acceptors (Lipinski definition) is 5. The minimum atomic E-state index is -0.676.